The van der Waals surface area contributed by atoms with Crippen LogP contribution in [0.4, 0.5) is 0 Å². The number of rotatable bonds is 7. The molecule has 4 heteroatoms. The molecule has 0 saturated carbocycles. The van der Waals surface area contributed by atoms with Gasteiger partial charge in [0.1, 0.15) is 0 Å². The maximum Gasteiger partial charge on any atom is 0.0589 e. The summed E-state index contributed by atoms with van der Waals surface area (Å²) in [4.78, 5) is 5.14. The Hall–Kier alpha value is -0.160. The molecule has 2 aliphatic heterocycles. The fourth-order valence-electron chi connectivity index (χ4n) is 3.52. The summed E-state index contributed by atoms with van der Waals surface area (Å²) in [7, 11) is 6.08. The van der Waals surface area contributed by atoms with Crippen molar-refractivity contribution in [3.63, 3.8) is 0 Å². The monoisotopic (exact) mass is 255 g/mol. The Bertz CT molecular complexity index is 235. The molecule has 2 bridgehead atoms. The van der Waals surface area contributed by atoms with Crippen molar-refractivity contribution < 1.29 is 4.74 Å². The number of likely N-dealkylation sites (N-methyl/N-ethyl adjacent to an activating group) is 1. The third-order valence-corrected chi connectivity index (χ3v) is 4.71. The highest BCUT2D eigenvalue weighted by Crippen LogP contribution is 2.35. The summed E-state index contributed by atoms with van der Waals surface area (Å²) in [6.07, 6.45) is 5.50. The number of fused-ring (bicyclic) bond motifs is 2. The number of hydrogen-bond donors (Lipinski definition) is 1. The van der Waals surface area contributed by atoms with Crippen molar-refractivity contribution in [2.75, 3.05) is 47.4 Å². The Kier molecular flexibility index (Phi) is 5.42. The van der Waals surface area contributed by atoms with Gasteiger partial charge in [0, 0.05) is 44.9 Å². The quantitative estimate of drug-likeness (QED) is 0.727. The summed E-state index contributed by atoms with van der Waals surface area (Å²) < 4.78 is 5.12. The van der Waals surface area contributed by atoms with E-state index in [-0.39, 0.29) is 0 Å². The summed E-state index contributed by atoms with van der Waals surface area (Å²) in [5.74, 6) is 0. The van der Waals surface area contributed by atoms with E-state index in [4.69, 9.17) is 4.74 Å². The first-order chi connectivity index (χ1) is 8.74. The number of ether oxygens (including phenoxy) is 1. The molecule has 2 aliphatic rings. The lowest BCUT2D eigenvalue weighted by Gasteiger charge is -2.39. The summed E-state index contributed by atoms with van der Waals surface area (Å²) in [6, 6.07) is 2.42. The van der Waals surface area contributed by atoms with Crippen LogP contribution in [0, 0.1) is 0 Å². The van der Waals surface area contributed by atoms with E-state index in [0.29, 0.717) is 0 Å². The fourth-order valence-corrected chi connectivity index (χ4v) is 3.52. The molecule has 0 aliphatic carbocycles. The van der Waals surface area contributed by atoms with Crippen molar-refractivity contribution in [1.29, 1.82) is 0 Å². The Morgan fingerprint density at radius 3 is 2.44 bits per heavy atom. The molecule has 0 amide bonds. The van der Waals surface area contributed by atoms with Crippen LogP contribution in [0.2, 0.25) is 0 Å². The predicted molar refractivity (Wildman–Crippen MR) is 75.0 cm³/mol. The molecule has 2 unspecified atom stereocenters. The highest BCUT2D eigenvalue weighted by molar-refractivity contribution is 4.97. The third-order valence-electron chi connectivity index (χ3n) is 4.71. The molecule has 2 rings (SSSR count). The minimum Gasteiger partial charge on any atom is -0.383 e. The molecular formula is C14H29N3O. The van der Waals surface area contributed by atoms with E-state index in [1.807, 2.05) is 0 Å². The van der Waals surface area contributed by atoms with Crippen LogP contribution in [0.25, 0.3) is 0 Å². The van der Waals surface area contributed by atoms with Gasteiger partial charge in [-0.15, -0.1) is 0 Å². The zero-order valence-corrected chi connectivity index (χ0v) is 12.2. The molecule has 0 aromatic carbocycles. The van der Waals surface area contributed by atoms with Gasteiger partial charge in [-0.25, -0.2) is 0 Å². The number of hydrogen-bond acceptors (Lipinski definition) is 4. The van der Waals surface area contributed by atoms with Gasteiger partial charge < -0.3 is 15.0 Å². The Balaban J connectivity index is 1.74. The molecule has 0 aromatic rings. The average Bonchev–Trinajstić information content (AvgIpc) is 2.62. The van der Waals surface area contributed by atoms with Gasteiger partial charge in [0.05, 0.1) is 6.61 Å². The van der Waals surface area contributed by atoms with Crippen molar-refractivity contribution in [3.8, 4) is 0 Å². The minimum absolute atomic E-state index is 0.755. The van der Waals surface area contributed by atoms with Gasteiger partial charge in [-0.1, -0.05) is 0 Å². The lowest BCUT2D eigenvalue weighted by molar-refractivity contribution is 0.0987. The van der Waals surface area contributed by atoms with Gasteiger partial charge in [0.2, 0.25) is 0 Å². The second kappa shape index (κ2) is 6.85. The van der Waals surface area contributed by atoms with Crippen LogP contribution in [0.1, 0.15) is 25.7 Å². The highest BCUT2D eigenvalue weighted by Gasteiger charge is 2.39. The second-order valence-electron chi connectivity index (χ2n) is 5.88. The molecule has 2 heterocycles. The number of methoxy groups -OCH3 is 1. The lowest BCUT2D eigenvalue weighted by Crippen LogP contribution is -2.50. The zero-order valence-electron chi connectivity index (χ0n) is 12.2. The van der Waals surface area contributed by atoms with Gasteiger partial charge >= 0.3 is 0 Å². The largest absolute Gasteiger partial charge is 0.383 e. The third kappa shape index (κ3) is 3.44. The smallest absolute Gasteiger partial charge is 0.0589 e. The van der Waals surface area contributed by atoms with E-state index in [1.54, 1.807) is 7.11 Å². The van der Waals surface area contributed by atoms with Gasteiger partial charge in [0.25, 0.3) is 0 Å². The SMILES string of the molecule is CNC1CC2CCC(C1)N2CCN(C)CCOC. The number of nitrogens with one attached hydrogen (secondary N) is 1. The first kappa shape index (κ1) is 14.3. The van der Waals surface area contributed by atoms with Crippen molar-refractivity contribution in [2.24, 2.45) is 0 Å². The molecule has 4 nitrogen and oxygen atoms in total. The fraction of sp³-hybridized carbons (Fsp3) is 1.00. The molecule has 0 aromatic heterocycles. The summed E-state index contributed by atoms with van der Waals surface area (Å²) in [5.41, 5.74) is 0. The van der Waals surface area contributed by atoms with Crippen LogP contribution in [-0.2, 0) is 4.74 Å². The first-order valence-corrected chi connectivity index (χ1v) is 7.35. The zero-order chi connectivity index (χ0) is 13.0. The van der Waals surface area contributed by atoms with Crippen molar-refractivity contribution in [2.45, 2.75) is 43.8 Å². The van der Waals surface area contributed by atoms with Crippen LogP contribution < -0.4 is 5.32 Å². The average molecular weight is 255 g/mol. The first-order valence-electron chi connectivity index (χ1n) is 7.35. The topological polar surface area (TPSA) is 27.7 Å². The van der Waals surface area contributed by atoms with E-state index in [0.717, 1.165) is 31.3 Å². The molecule has 2 fully saturated rings. The predicted octanol–water partition coefficient (Wildman–Crippen LogP) is 0.779. The van der Waals surface area contributed by atoms with Crippen LogP contribution in [0.15, 0.2) is 0 Å². The molecule has 0 spiro atoms. The Morgan fingerprint density at radius 1 is 1.22 bits per heavy atom. The van der Waals surface area contributed by atoms with E-state index < -0.39 is 0 Å². The Morgan fingerprint density at radius 2 is 1.89 bits per heavy atom. The van der Waals surface area contributed by atoms with Gasteiger partial charge in [-0.05, 0) is 39.8 Å². The maximum absolute atomic E-state index is 5.12. The van der Waals surface area contributed by atoms with Crippen LogP contribution in [0.3, 0.4) is 0 Å². The Labute approximate surface area is 112 Å². The van der Waals surface area contributed by atoms with Crippen molar-refractivity contribution in [1.82, 2.24) is 15.1 Å². The molecular weight excluding hydrogens is 226 g/mol. The molecule has 2 atom stereocenters. The van der Waals surface area contributed by atoms with Crippen LogP contribution in [-0.4, -0.2) is 75.4 Å². The molecule has 0 radical (unpaired) electrons. The van der Waals surface area contributed by atoms with Crippen LogP contribution >= 0.6 is 0 Å². The number of nitrogens with zero attached hydrogens (tertiary/aromatic N) is 2. The van der Waals surface area contributed by atoms with Gasteiger partial charge in [0.15, 0.2) is 0 Å². The lowest BCUT2D eigenvalue weighted by atomic mass is 9.97. The van der Waals surface area contributed by atoms with E-state index in [2.05, 4.69) is 29.2 Å². The summed E-state index contributed by atoms with van der Waals surface area (Å²) >= 11 is 0. The van der Waals surface area contributed by atoms with Crippen molar-refractivity contribution in [3.05, 3.63) is 0 Å². The highest BCUT2D eigenvalue weighted by atomic mass is 16.5. The molecule has 18 heavy (non-hydrogen) atoms. The van der Waals surface area contributed by atoms with Crippen LogP contribution in [0.5, 0.6) is 0 Å². The molecule has 2 saturated heterocycles. The van der Waals surface area contributed by atoms with Crippen molar-refractivity contribution >= 4 is 0 Å². The summed E-state index contributed by atoms with van der Waals surface area (Å²) in [6.45, 7) is 4.27. The van der Waals surface area contributed by atoms with Gasteiger partial charge in [-0.2, -0.15) is 0 Å². The number of piperidine rings is 1. The molecule has 106 valence electrons. The summed E-state index contributed by atoms with van der Waals surface area (Å²) in [5, 5.41) is 3.46. The van der Waals surface area contributed by atoms with E-state index in [1.165, 1.54) is 38.8 Å². The standard InChI is InChI=1S/C14H29N3O/c1-15-12-10-13-4-5-14(11-12)17(13)7-6-16(2)8-9-18-3/h12-15H,4-11H2,1-3H3. The maximum atomic E-state index is 5.12. The van der Waals surface area contributed by atoms with E-state index in [9.17, 15) is 0 Å². The normalized spacial score (nSPS) is 32.3. The second-order valence-corrected chi connectivity index (χ2v) is 5.88. The molecule has 1 N–H and O–H groups in total. The van der Waals surface area contributed by atoms with Gasteiger partial charge in [-0.3, -0.25) is 4.90 Å². The minimum atomic E-state index is 0.755. The van der Waals surface area contributed by atoms with E-state index >= 15 is 0 Å².